The van der Waals surface area contributed by atoms with Crippen molar-refractivity contribution in [2.24, 2.45) is 0 Å². The Morgan fingerprint density at radius 2 is 2.04 bits per heavy atom. The summed E-state index contributed by atoms with van der Waals surface area (Å²) in [4.78, 5) is 12.1. The summed E-state index contributed by atoms with van der Waals surface area (Å²) in [6, 6.07) is 5.82. The minimum Gasteiger partial charge on any atom is -0.481 e. The minimum absolute atomic E-state index is 0.0264. The van der Waals surface area contributed by atoms with Gasteiger partial charge in [0, 0.05) is 28.4 Å². The van der Waals surface area contributed by atoms with Gasteiger partial charge in [0.15, 0.2) is 17.3 Å². The molecule has 0 spiro atoms. The summed E-state index contributed by atoms with van der Waals surface area (Å²) in [5.41, 5.74) is 4.41. The molecular weight excluding hydrogens is 360 g/mol. The third-order valence-corrected chi connectivity index (χ3v) is 5.17. The number of anilines is 1. The number of rotatable bonds is 3. The Morgan fingerprint density at radius 1 is 1.29 bits per heavy atom. The first kappa shape index (κ1) is 18.4. The van der Waals surface area contributed by atoms with E-state index in [0.717, 1.165) is 28.5 Å². The first-order valence-corrected chi connectivity index (χ1v) is 9.16. The summed E-state index contributed by atoms with van der Waals surface area (Å²) < 4.78 is 34.3. The zero-order valence-electron chi connectivity index (χ0n) is 16.0. The molecule has 1 atom stereocenters. The number of carbonyl (C=O) groups is 1. The maximum absolute atomic E-state index is 14.4. The summed E-state index contributed by atoms with van der Waals surface area (Å²) in [6.45, 7) is 9.65. The molecule has 1 N–H and O–H groups in total. The van der Waals surface area contributed by atoms with E-state index in [1.54, 1.807) is 0 Å². The van der Waals surface area contributed by atoms with Crippen LogP contribution in [0.4, 0.5) is 14.5 Å². The minimum atomic E-state index is -0.777. The predicted molar refractivity (Wildman–Crippen MR) is 106 cm³/mol. The van der Waals surface area contributed by atoms with Crippen LogP contribution in [-0.2, 0) is 4.79 Å². The van der Waals surface area contributed by atoms with E-state index in [2.05, 4.69) is 31.8 Å². The predicted octanol–water partition coefficient (Wildman–Crippen LogP) is 5.82. The third-order valence-electron chi connectivity index (χ3n) is 5.17. The van der Waals surface area contributed by atoms with Crippen molar-refractivity contribution in [2.45, 2.75) is 38.8 Å². The molecule has 0 saturated carbocycles. The highest BCUT2D eigenvalue weighted by Gasteiger charge is 2.35. The van der Waals surface area contributed by atoms with E-state index in [1.807, 2.05) is 19.1 Å². The van der Waals surface area contributed by atoms with Gasteiger partial charge in [0.05, 0.1) is 12.0 Å². The summed E-state index contributed by atoms with van der Waals surface area (Å²) in [5.74, 6) is -1.68. The molecule has 5 heteroatoms. The molecule has 0 radical (unpaired) electrons. The normalized spacial score (nSPS) is 18.6. The van der Waals surface area contributed by atoms with Crippen LogP contribution in [0.1, 0.15) is 44.4 Å². The molecule has 2 aliphatic heterocycles. The summed E-state index contributed by atoms with van der Waals surface area (Å²) in [7, 11) is 0. The Balaban J connectivity index is 2.00. The summed E-state index contributed by atoms with van der Waals surface area (Å²) in [5, 5.41) is 3.47. The molecule has 3 nitrogen and oxygen atoms in total. The fraction of sp³-hybridized carbons (Fsp3) is 0.261. The Bertz CT molecular complexity index is 1050. The van der Waals surface area contributed by atoms with Crippen molar-refractivity contribution in [3.63, 3.8) is 0 Å². The number of benzene rings is 2. The van der Waals surface area contributed by atoms with Gasteiger partial charge in [0.2, 0.25) is 0 Å². The molecular formula is C23H21F2NO2. The zero-order valence-corrected chi connectivity index (χ0v) is 16.0. The first-order valence-electron chi connectivity index (χ1n) is 9.16. The maximum atomic E-state index is 14.4. The van der Waals surface area contributed by atoms with Gasteiger partial charge >= 0.3 is 0 Å². The molecule has 0 bridgehead atoms. The molecule has 0 saturated heterocycles. The van der Waals surface area contributed by atoms with E-state index in [1.165, 1.54) is 12.1 Å². The molecule has 144 valence electrons. The van der Waals surface area contributed by atoms with Crippen LogP contribution < -0.4 is 10.1 Å². The first-order chi connectivity index (χ1) is 13.2. The standard InChI is InChI=1S/C23H21F2NO2/c1-5-14(27)10-19-21-15(16-8-13(24)9-17(25)22(16)28-19)6-7-18-20(21)12(2)11-23(3,4)26-18/h5-9,11,19,26H,1,10H2,2-4H3. The van der Waals surface area contributed by atoms with Crippen LogP contribution in [0.3, 0.4) is 0 Å². The molecule has 0 fully saturated rings. The SMILES string of the molecule is C=CC(=O)CC1Oc2c(F)cc(F)cc2-c2ccc3c(c21)C(C)=CC(C)(C)N3. The quantitative estimate of drug-likeness (QED) is 0.681. The Hall–Kier alpha value is -2.95. The highest BCUT2D eigenvalue weighted by atomic mass is 19.1. The van der Waals surface area contributed by atoms with Crippen molar-refractivity contribution in [1.29, 1.82) is 0 Å². The molecule has 0 amide bonds. The van der Waals surface area contributed by atoms with Crippen LogP contribution in [0.2, 0.25) is 0 Å². The van der Waals surface area contributed by atoms with E-state index in [0.29, 0.717) is 11.1 Å². The van der Waals surface area contributed by atoms with Crippen LogP contribution in [-0.4, -0.2) is 11.3 Å². The van der Waals surface area contributed by atoms with Crippen molar-refractivity contribution in [2.75, 3.05) is 5.32 Å². The van der Waals surface area contributed by atoms with Crippen molar-refractivity contribution in [3.05, 3.63) is 65.8 Å². The van der Waals surface area contributed by atoms with E-state index in [9.17, 15) is 13.6 Å². The van der Waals surface area contributed by atoms with Crippen LogP contribution >= 0.6 is 0 Å². The molecule has 0 aromatic heterocycles. The number of allylic oxidation sites excluding steroid dienone is 2. The fourth-order valence-electron chi connectivity index (χ4n) is 4.21. The number of ketones is 1. The van der Waals surface area contributed by atoms with E-state index in [-0.39, 0.29) is 23.5 Å². The van der Waals surface area contributed by atoms with Crippen LogP contribution in [0, 0.1) is 11.6 Å². The lowest BCUT2D eigenvalue weighted by Crippen LogP contribution is -2.32. The van der Waals surface area contributed by atoms with Crippen molar-refractivity contribution >= 4 is 17.0 Å². The number of nitrogens with one attached hydrogen (secondary N) is 1. The van der Waals surface area contributed by atoms with Crippen molar-refractivity contribution in [3.8, 4) is 16.9 Å². The second-order valence-electron chi connectivity index (χ2n) is 7.87. The third kappa shape index (κ3) is 2.91. The average Bonchev–Trinajstić information content (AvgIpc) is 2.60. The Labute approximate surface area is 162 Å². The maximum Gasteiger partial charge on any atom is 0.168 e. The lowest BCUT2D eigenvalue weighted by Gasteiger charge is -2.37. The highest BCUT2D eigenvalue weighted by molar-refractivity contribution is 5.93. The van der Waals surface area contributed by atoms with Gasteiger partial charge in [0.1, 0.15) is 11.9 Å². The second kappa shape index (κ2) is 6.30. The topological polar surface area (TPSA) is 38.3 Å². The summed E-state index contributed by atoms with van der Waals surface area (Å²) >= 11 is 0. The van der Waals surface area contributed by atoms with Gasteiger partial charge in [-0.25, -0.2) is 8.78 Å². The Morgan fingerprint density at radius 3 is 2.75 bits per heavy atom. The molecule has 4 rings (SSSR count). The molecule has 28 heavy (non-hydrogen) atoms. The lowest BCUT2D eigenvalue weighted by atomic mass is 9.81. The van der Waals surface area contributed by atoms with Gasteiger partial charge in [-0.15, -0.1) is 0 Å². The van der Waals surface area contributed by atoms with Gasteiger partial charge in [0.25, 0.3) is 0 Å². The van der Waals surface area contributed by atoms with Crippen molar-refractivity contribution in [1.82, 2.24) is 0 Å². The zero-order chi connectivity index (χ0) is 20.2. The van der Waals surface area contributed by atoms with Crippen LogP contribution in [0.25, 0.3) is 16.7 Å². The molecule has 2 aliphatic rings. The van der Waals surface area contributed by atoms with E-state index in [4.69, 9.17) is 4.74 Å². The monoisotopic (exact) mass is 381 g/mol. The number of ether oxygens (including phenoxy) is 1. The molecule has 1 unspecified atom stereocenters. The van der Waals surface area contributed by atoms with Gasteiger partial charge in [-0.2, -0.15) is 0 Å². The molecule has 2 heterocycles. The van der Waals surface area contributed by atoms with E-state index < -0.39 is 17.7 Å². The van der Waals surface area contributed by atoms with Crippen LogP contribution in [0.15, 0.2) is 43.0 Å². The van der Waals surface area contributed by atoms with E-state index >= 15 is 0 Å². The second-order valence-corrected chi connectivity index (χ2v) is 7.87. The molecule has 0 aliphatic carbocycles. The Kier molecular flexibility index (Phi) is 4.14. The van der Waals surface area contributed by atoms with Gasteiger partial charge in [-0.3, -0.25) is 4.79 Å². The molecule has 2 aromatic rings. The van der Waals surface area contributed by atoms with Crippen LogP contribution in [0.5, 0.6) is 5.75 Å². The number of carbonyl (C=O) groups excluding carboxylic acids is 1. The number of halogens is 2. The summed E-state index contributed by atoms with van der Waals surface area (Å²) in [6.07, 6.45) is 2.68. The largest absolute Gasteiger partial charge is 0.481 e. The number of hydrogen-bond acceptors (Lipinski definition) is 3. The van der Waals surface area contributed by atoms with Gasteiger partial charge in [-0.1, -0.05) is 18.7 Å². The average molecular weight is 381 g/mol. The number of fused-ring (bicyclic) bond motifs is 5. The van der Waals surface area contributed by atoms with Gasteiger partial charge in [-0.05, 0) is 50.1 Å². The highest BCUT2D eigenvalue weighted by Crippen LogP contribution is 2.50. The lowest BCUT2D eigenvalue weighted by molar-refractivity contribution is -0.116. The fourth-order valence-corrected chi connectivity index (χ4v) is 4.21. The smallest absolute Gasteiger partial charge is 0.168 e. The number of hydrogen-bond donors (Lipinski definition) is 1. The molecule has 2 aromatic carbocycles. The van der Waals surface area contributed by atoms with Crippen molar-refractivity contribution < 1.29 is 18.3 Å². The van der Waals surface area contributed by atoms with Gasteiger partial charge < -0.3 is 10.1 Å².